The van der Waals surface area contributed by atoms with Crippen molar-refractivity contribution in [2.75, 3.05) is 0 Å². The van der Waals surface area contributed by atoms with Gasteiger partial charge >= 0.3 is 0 Å². The van der Waals surface area contributed by atoms with Crippen LogP contribution < -0.4 is 5.32 Å². The number of pyridine rings is 1. The van der Waals surface area contributed by atoms with E-state index in [1.54, 1.807) is 12.1 Å². The van der Waals surface area contributed by atoms with Crippen molar-refractivity contribution in [3.63, 3.8) is 0 Å². The van der Waals surface area contributed by atoms with Crippen LogP contribution in [0.3, 0.4) is 0 Å². The summed E-state index contributed by atoms with van der Waals surface area (Å²) < 4.78 is 0. The van der Waals surface area contributed by atoms with E-state index in [0.29, 0.717) is 30.9 Å². The summed E-state index contributed by atoms with van der Waals surface area (Å²) >= 11 is 0. The van der Waals surface area contributed by atoms with Gasteiger partial charge in [0, 0.05) is 25.4 Å². The number of benzene rings is 1. The van der Waals surface area contributed by atoms with Gasteiger partial charge in [0.2, 0.25) is 5.91 Å². The Morgan fingerprint density at radius 2 is 2.00 bits per heavy atom. The van der Waals surface area contributed by atoms with E-state index in [4.69, 9.17) is 5.26 Å². The first-order valence-electron chi connectivity index (χ1n) is 7.94. The second kappa shape index (κ2) is 7.06. The van der Waals surface area contributed by atoms with Crippen molar-refractivity contribution in [2.24, 2.45) is 0 Å². The highest BCUT2D eigenvalue weighted by molar-refractivity contribution is 5.76. The Bertz CT molecular complexity index is 727. The summed E-state index contributed by atoms with van der Waals surface area (Å²) in [6.45, 7) is 0.528. The van der Waals surface area contributed by atoms with E-state index < -0.39 is 0 Å². The first kappa shape index (κ1) is 15.2. The van der Waals surface area contributed by atoms with Gasteiger partial charge in [0.1, 0.15) is 0 Å². The van der Waals surface area contributed by atoms with Crippen LogP contribution in [0.25, 0.3) is 0 Å². The molecule has 0 radical (unpaired) electrons. The lowest BCUT2D eigenvalue weighted by Gasteiger charge is -2.07. The summed E-state index contributed by atoms with van der Waals surface area (Å²) in [6.07, 6.45) is 7.37. The highest BCUT2D eigenvalue weighted by Crippen LogP contribution is 2.39. The van der Waals surface area contributed by atoms with Crippen molar-refractivity contribution >= 4 is 5.91 Å². The second-order valence-electron chi connectivity index (χ2n) is 5.99. The van der Waals surface area contributed by atoms with Gasteiger partial charge in [0.05, 0.1) is 11.6 Å². The number of carbonyl (C=O) groups excluding carboxylic acids is 1. The third-order valence-corrected chi connectivity index (χ3v) is 4.08. The number of aromatic nitrogens is 1. The SMILES string of the molecule is N#Cc1ccc(CCC(=O)NCc2cncc(C3CC3)c2)cc1. The van der Waals surface area contributed by atoms with Gasteiger partial charge in [-0.1, -0.05) is 18.2 Å². The zero-order valence-corrected chi connectivity index (χ0v) is 13.0. The Hall–Kier alpha value is -2.67. The van der Waals surface area contributed by atoms with Gasteiger partial charge in [-0.05, 0) is 54.0 Å². The summed E-state index contributed by atoms with van der Waals surface area (Å²) in [5, 5.41) is 11.7. The molecule has 1 amide bonds. The Morgan fingerprint density at radius 1 is 1.22 bits per heavy atom. The highest BCUT2D eigenvalue weighted by atomic mass is 16.1. The molecular formula is C19H19N3O. The van der Waals surface area contributed by atoms with E-state index in [9.17, 15) is 4.79 Å². The smallest absolute Gasteiger partial charge is 0.220 e. The molecule has 3 rings (SSSR count). The Morgan fingerprint density at radius 3 is 2.70 bits per heavy atom. The van der Waals surface area contributed by atoms with Crippen molar-refractivity contribution in [3.8, 4) is 6.07 Å². The predicted molar refractivity (Wildman–Crippen MR) is 87.5 cm³/mol. The fraction of sp³-hybridized carbons (Fsp3) is 0.316. The minimum absolute atomic E-state index is 0.0335. The van der Waals surface area contributed by atoms with Crippen molar-refractivity contribution in [1.29, 1.82) is 5.26 Å². The molecule has 4 nitrogen and oxygen atoms in total. The van der Waals surface area contributed by atoms with Gasteiger partial charge < -0.3 is 5.32 Å². The average molecular weight is 305 g/mol. The molecule has 1 fully saturated rings. The maximum atomic E-state index is 12.0. The number of rotatable bonds is 6. The van der Waals surface area contributed by atoms with E-state index in [1.807, 2.05) is 24.5 Å². The molecule has 0 spiro atoms. The van der Waals surface area contributed by atoms with Gasteiger partial charge in [0.25, 0.3) is 0 Å². The van der Waals surface area contributed by atoms with E-state index >= 15 is 0 Å². The third-order valence-electron chi connectivity index (χ3n) is 4.08. The molecule has 1 saturated carbocycles. The maximum absolute atomic E-state index is 12.0. The predicted octanol–water partition coefficient (Wildman–Crippen LogP) is 3.08. The Labute approximate surface area is 136 Å². The molecule has 0 atom stereocenters. The lowest BCUT2D eigenvalue weighted by atomic mass is 10.1. The van der Waals surface area contributed by atoms with Crippen molar-refractivity contribution in [1.82, 2.24) is 10.3 Å². The molecule has 23 heavy (non-hydrogen) atoms. The number of nitrogens with zero attached hydrogens (tertiary/aromatic N) is 2. The zero-order chi connectivity index (χ0) is 16.1. The van der Waals surface area contributed by atoms with Crippen LogP contribution in [0.4, 0.5) is 0 Å². The molecule has 1 aliphatic carbocycles. The van der Waals surface area contributed by atoms with Gasteiger partial charge in [-0.3, -0.25) is 9.78 Å². The molecule has 1 aliphatic rings. The van der Waals surface area contributed by atoms with Crippen LogP contribution in [0.5, 0.6) is 0 Å². The van der Waals surface area contributed by atoms with E-state index in [1.165, 1.54) is 18.4 Å². The van der Waals surface area contributed by atoms with Gasteiger partial charge in [-0.15, -0.1) is 0 Å². The molecule has 0 unspecified atom stereocenters. The molecule has 4 heteroatoms. The lowest BCUT2D eigenvalue weighted by molar-refractivity contribution is -0.121. The largest absolute Gasteiger partial charge is 0.352 e. The molecule has 1 aromatic heterocycles. The van der Waals surface area contributed by atoms with Crippen LogP contribution in [0.2, 0.25) is 0 Å². The summed E-state index contributed by atoms with van der Waals surface area (Å²) in [4.78, 5) is 16.2. The normalized spacial score (nSPS) is 13.3. The number of aryl methyl sites for hydroxylation is 1. The fourth-order valence-corrected chi connectivity index (χ4v) is 2.54. The number of nitriles is 1. The lowest BCUT2D eigenvalue weighted by Crippen LogP contribution is -2.23. The molecule has 116 valence electrons. The first-order chi connectivity index (χ1) is 11.2. The number of nitrogens with one attached hydrogen (secondary N) is 1. The van der Waals surface area contributed by atoms with Crippen LogP contribution in [0.15, 0.2) is 42.7 Å². The summed E-state index contributed by atoms with van der Waals surface area (Å²) in [5.41, 5.74) is 4.05. The minimum Gasteiger partial charge on any atom is -0.352 e. The van der Waals surface area contributed by atoms with Crippen LogP contribution in [-0.4, -0.2) is 10.9 Å². The molecule has 1 heterocycles. The van der Waals surface area contributed by atoms with Crippen LogP contribution in [-0.2, 0) is 17.8 Å². The Kier molecular flexibility index (Phi) is 4.68. The first-order valence-corrected chi connectivity index (χ1v) is 7.94. The zero-order valence-electron chi connectivity index (χ0n) is 13.0. The van der Waals surface area contributed by atoms with Crippen LogP contribution >= 0.6 is 0 Å². The molecule has 1 N–H and O–H groups in total. The van der Waals surface area contributed by atoms with Crippen LogP contribution in [0.1, 0.15) is 47.4 Å². The fourth-order valence-electron chi connectivity index (χ4n) is 2.54. The van der Waals surface area contributed by atoms with Crippen molar-refractivity contribution < 1.29 is 4.79 Å². The highest BCUT2D eigenvalue weighted by Gasteiger charge is 2.23. The van der Waals surface area contributed by atoms with Gasteiger partial charge in [0.15, 0.2) is 0 Å². The second-order valence-corrected chi connectivity index (χ2v) is 5.99. The molecule has 1 aromatic carbocycles. The van der Waals surface area contributed by atoms with Gasteiger partial charge in [-0.2, -0.15) is 5.26 Å². The maximum Gasteiger partial charge on any atom is 0.220 e. The van der Waals surface area contributed by atoms with Crippen molar-refractivity contribution in [3.05, 3.63) is 65.0 Å². The molecule has 0 aliphatic heterocycles. The van der Waals surface area contributed by atoms with Crippen LogP contribution in [0, 0.1) is 11.3 Å². The number of carbonyl (C=O) groups is 1. The average Bonchev–Trinajstić information content (AvgIpc) is 3.44. The van der Waals surface area contributed by atoms with E-state index in [2.05, 4.69) is 22.4 Å². The standard InChI is InChI=1S/C19H19N3O/c20-10-15-3-1-14(2-4-15)5-8-19(23)22-12-16-9-18(13-21-11-16)17-6-7-17/h1-4,9,11,13,17H,5-8,12H2,(H,22,23). The molecule has 2 aromatic rings. The topological polar surface area (TPSA) is 65.8 Å². The summed E-state index contributed by atoms with van der Waals surface area (Å²) in [5.74, 6) is 0.709. The summed E-state index contributed by atoms with van der Waals surface area (Å²) in [6, 6.07) is 11.6. The van der Waals surface area contributed by atoms with E-state index in [-0.39, 0.29) is 5.91 Å². The molecule has 0 saturated heterocycles. The quantitative estimate of drug-likeness (QED) is 0.892. The minimum atomic E-state index is 0.0335. The third kappa shape index (κ3) is 4.40. The summed E-state index contributed by atoms with van der Waals surface area (Å²) in [7, 11) is 0. The molecular weight excluding hydrogens is 286 g/mol. The van der Waals surface area contributed by atoms with Crippen molar-refractivity contribution in [2.45, 2.75) is 38.1 Å². The molecule has 0 bridgehead atoms. The van der Waals surface area contributed by atoms with E-state index in [0.717, 1.165) is 11.1 Å². The monoisotopic (exact) mass is 305 g/mol. The Balaban J connectivity index is 1.45. The van der Waals surface area contributed by atoms with Gasteiger partial charge in [-0.25, -0.2) is 0 Å². The number of hydrogen-bond donors (Lipinski definition) is 1. The number of hydrogen-bond acceptors (Lipinski definition) is 3. The number of amides is 1.